The van der Waals surface area contributed by atoms with E-state index in [9.17, 15) is 9.90 Å². The van der Waals surface area contributed by atoms with E-state index in [1.807, 2.05) is 19.1 Å². The van der Waals surface area contributed by atoms with Crippen molar-refractivity contribution in [3.05, 3.63) is 58.9 Å². The van der Waals surface area contributed by atoms with Crippen LogP contribution in [0.5, 0.6) is 0 Å². The average Bonchev–Trinajstić information content (AvgIpc) is 3.31. The number of aromatic nitrogens is 3. The smallest absolute Gasteiger partial charge is 0.273 e. The molecule has 3 aromatic rings. The van der Waals surface area contributed by atoms with Crippen LogP contribution in [-0.2, 0) is 6.54 Å². The van der Waals surface area contributed by atoms with Gasteiger partial charge in [-0.1, -0.05) is 17.7 Å². The number of hydrogen-bond donors (Lipinski definition) is 2. The fraction of sp³-hybridized carbons (Fsp3) is 0.263. The van der Waals surface area contributed by atoms with E-state index in [1.165, 1.54) is 13.2 Å². The van der Waals surface area contributed by atoms with Crippen molar-refractivity contribution in [1.82, 2.24) is 20.1 Å². The Morgan fingerprint density at radius 3 is 2.86 bits per heavy atom. The van der Waals surface area contributed by atoms with Crippen molar-refractivity contribution in [1.29, 1.82) is 5.26 Å². The third-order valence-electron chi connectivity index (χ3n) is 3.98. The molecule has 2 aromatic heterocycles. The number of nitrogens with zero attached hydrogens (tertiary/aromatic N) is 4. The molecule has 144 valence electrons. The lowest BCUT2D eigenvalue weighted by atomic mass is 10.1. The number of benzene rings is 1. The zero-order valence-electron chi connectivity index (χ0n) is 15.3. The number of halogens is 1. The monoisotopic (exact) mass is 399 g/mol. The number of carbonyl (C=O) groups is 1. The molecule has 1 unspecified atom stereocenters. The first-order chi connectivity index (χ1) is 13.4. The number of oxazole rings is 1. The Hall–Kier alpha value is -3.15. The maximum atomic E-state index is 12.2. The highest BCUT2D eigenvalue weighted by Gasteiger charge is 2.17. The largest absolute Gasteiger partial charge is 0.445 e. The second-order valence-corrected chi connectivity index (χ2v) is 6.76. The van der Waals surface area contributed by atoms with E-state index in [0.717, 1.165) is 5.56 Å². The van der Waals surface area contributed by atoms with Gasteiger partial charge < -0.3 is 14.8 Å². The maximum Gasteiger partial charge on any atom is 0.273 e. The number of nitriles is 1. The molecule has 28 heavy (non-hydrogen) atoms. The summed E-state index contributed by atoms with van der Waals surface area (Å²) in [5, 5.41) is 26.0. The second-order valence-electron chi connectivity index (χ2n) is 6.35. The summed E-state index contributed by atoms with van der Waals surface area (Å²) < 4.78 is 6.76. The Morgan fingerprint density at radius 2 is 2.21 bits per heavy atom. The fourth-order valence-electron chi connectivity index (χ4n) is 2.59. The predicted molar refractivity (Wildman–Crippen MR) is 101 cm³/mol. The minimum Gasteiger partial charge on any atom is -0.445 e. The number of hydrogen-bond acceptors (Lipinski definition) is 6. The van der Waals surface area contributed by atoms with Gasteiger partial charge in [0.1, 0.15) is 18.4 Å². The molecular weight excluding hydrogens is 382 g/mol. The average molecular weight is 400 g/mol. The van der Waals surface area contributed by atoms with Gasteiger partial charge in [-0.3, -0.25) is 9.48 Å². The van der Waals surface area contributed by atoms with E-state index in [0.29, 0.717) is 22.8 Å². The van der Waals surface area contributed by atoms with Crippen LogP contribution >= 0.6 is 11.6 Å². The molecule has 3 rings (SSSR count). The first-order valence-electron chi connectivity index (χ1n) is 8.55. The Bertz CT molecular complexity index is 1030. The molecule has 2 atom stereocenters. The summed E-state index contributed by atoms with van der Waals surface area (Å²) in [6, 6.07) is 8.76. The topological polar surface area (TPSA) is 117 Å². The minimum atomic E-state index is -0.878. The van der Waals surface area contributed by atoms with Crippen LogP contribution in [0, 0.1) is 11.3 Å². The number of carbonyl (C=O) groups excluding carboxylic acids is 1. The molecule has 1 aromatic carbocycles. The van der Waals surface area contributed by atoms with Gasteiger partial charge in [-0.15, -0.1) is 0 Å². The lowest BCUT2D eigenvalue weighted by Gasteiger charge is -2.12. The van der Waals surface area contributed by atoms with Crippen LogP contribution in [0.4, 0.5) is 0 Å². The third-order valence-corrected chi connectivity index (χ3v) is 4.29. The van der Waals surface area contributed by atoms with Crippen LogP contribution in [0.3, 0.4) is 0 Å². The van der Waals surface area contributed by atoms with Crippen LogP contribution in [0.15, 0.2) is 41.1 Å². The van der Waals surface area contributed by atoms with E-state index in [2.05, 4.69) is 15.4 Å². The molecule has 0 saturated carbocycles. The van der Waals surface area contributed by atoms with Crippen molar-refractivity contribution in [3.63, 3.8) is 0 Å². The minimum absolute atomic E-state index is 0.0931. The molecule has 0 aliphatic rings. The molecule has 8 nitrogen and oxygen atoms in total. The van der Waals surface area contributed by atoms with Crippen LogP contribution < -0.4 is 5.32 Å². The quantitative estimate of drug-likeness (QED) is 0.658. The SMILES string of the molecule is CC(O)c1nc(C(=O)N[C@@H](C)Cn2ccc(-c3ccc(C#N)c(Cl)c3)n2)co1. The van der Waals surface area contributed by atoms with Crippen molar-refractivity contribution < 1.29 is 14.3 Å². The number of aliphatic hydroxyl groups is 1. The van der Waals surface area contributed by atoms with Crippen LogP contribution in [0.25, 0.3) is 11.3 Å². The van der Waals surface area contributed by atoms with Crippen LogP contribution in [0.1, 0.15) is 41.9 Å². The fourth-order valence-corrected chi connectivity index (χ4v) is 2.81. The first-order valence-corrected chi connectivity index (χ1v) is 8.93. The predicted octanol–water partition coefficient (Wildman–Crippen LogP) is 2.93. The van der Waals surface area contributed by atoms with Crippen molar-refractivity contribution >= 4 is 17.5 Å². The highest BCUT2D eigenvalue weighted by Crippen LogP contribution is 2.24. The van der Waals surface area contributed by atoms with Crippen molar-refractivity contribution in [2.24, 2.45) is 0 Å². The standard InChI is InChI=1S/C19H18ClN5O3/c1-11(22-18(27)17-10-28-19(23-17)12(2)26)9-25-6-5-16(24-25)13-3-4-14(8-21)15(20)7-13/h3-7,10-12,26H,9H2,1-2H3,(H,22,27)/t11-,12?/m0/s1. The summed E-state index contributed by atoms with van der Waals surface area (Å²) in [6.45, 7) is 3.79. The molecular formula is C19H18ClN5O3. The third kappa shape index (κ3) is 4.39. The first kappa shape index (κ1) is 19.6. The molecule has 2 heterocycles. The highest BCUT2D eigenvalue weighted by molar-refractivity contribution is 6.32. The maximum absolute atomic E-state index is 12.2. The molecule has 0 aliphatic carbocycles. The normalized spacial score (nSPS) is 13.0. The molecule has 0 fully saturated rings. The number of nitrogens with one attached hydrogen (secondary N) is 1. The van der Waals surface area contributed by atoms with Crippen molar-refractivity contribution in [2.75, 3.05) is 0 Å². The zero-order valence-corrected chi connectivity index (χ0v) is 16.0. The Balaban J connectivity index is 1.63. The molecule has 9 heteroatoms. The lowest BCUT2D eigenvalue weighted by Crippen LogP contribution is -2.36. The van der Waals surface area contributed by atoms with Crippen LogP contribution in [-0.4, -0.2) is 31.8 Å². The van der Waals surface area contributed by atoms with Crippen LogP contribution in [0.2, 0.25) is 5.02 Å². The Morgan fingerprint density at radius 1 is 1.43 bits per heavy atom. The van der Waals surface area contributed by atoms with Gasteiger partial charge in [-0.05, 0) is 32.0 Å². The summed E-state index contributed by atoms with van der Waals surface area (Å²) in [5.74, 6) is -0.301. The van der Waals surface area contributed by atoms with Gasteiger partial charge in [0, 0.05) is 17.8 Å². The van der Waals surface area contributed by atoms with Gasteiger partial charge in [0.05, 0.1) is 22.8 Å². The highest BCUT2D eigenvalue weighted by atomic mass is 35.5. The molecule has 0 spiro atoms. The number of rotatable bonds is 6. The molecule has 1 amide bonds. The van der Waals surface area contributed by atoms with Gasteiger partial charge in [0.15, 0.2) is 5.69 Å². The molecule has 0 saturated heterocycles. The summed E-state index contributed by atoms with van der Waals surface area (Å²) in [5.41, 5.74) is 2.03. The van der Waals surface area contributed by atoms with Gasteiger partial charge in [-0.2, -0.15) is 10.4 Å². The van der Waals surface area contributed by atoms with E-state index in [1.54, 1.807) is 29.1 Å². The molecule has 0 aliphatic heterocycles. The van der Waals surface area contributed by atoms with Gasteiger partial charge in [-0.25, -0.2) is 4.98 Å². The van der Waals surface area contributed by atoms with Gasteiger partial charge in [0.25, 0.3) is 5.91 Å². The Labute approximate surface area is 166 Å². The van der Waals surface area contributed by atoms with E-state index >= 15 is 0 Å². The zero-order chi connectivity index (χ0) is 20.3. The van der Waals surface area contributed by atoms with Crippen molar-refractivity contribution in [2.45, 2.75) is 32.5 Å². The van der Waals surface area contributed by atoms with E-state index < -0.39 is 12.0 Å². The summed E-state index contributed by atoms with van der Waals surface area (Å²) in [6.07, 6.45) is 2.13. The van der Waals surface area contributed by atoms with Gasteiger partial charge in [0.2, 0.25) is 5.89 Å². The summed E-state index contributed by atoms with van der Waals surface area (Å²) in [7, 11) is 0. The lowest BCUT2D eigenvalue weighted by molar-refractivity contribution is 0.0931. The number of aliphatic hydroxyl groups excluding tert-OH is 1. The molecule has 0 bridgehead atoms. The summed E-state index contributed by atoms with van der Waals surface area (Å²) in [4.78, 5) is 16.2. The summed E-state index contributed by atoms with van der Waals surface area (Å²) >= 11 is 6.07. The molecule has 0 radical (unpaired) electrons. The molecule has 2 N–H and O–H groups in total. The van der Waals surface area contributed by atoms with E-state index in [-0.39, 0.29) is 17.6 Å². The van der Waals surface area contributed by atoms with E-state index in [4.69, 9.17) is 21.3 Å². The van der Waals surface area contributed by atoms with Crippen molar-refractivity contribution in [3.8, 4) is 17.3 Å². The van der Waals surface area contributed by atoms with Gasteiger partial charge >= 0.3 is 0 Å². The number of amides is 1. The second kappa shape index (κ2) is 8.25. The Kier molecular flexibility index (Phi) is 5.78.